The quantitative estimate of drug-likeness (QED) is 0.807. The number of alkyl halides is 2. The highest BCUT2D eigenvalue weighted by molar-refractivity contribution is 5.76. The summed E-state index contributed by atoms with van der Waals surface area (Å²) in [5, 5.41) is 0. The average Bonchev–Trinajstić information content (AvgIpc) is 2.37. The molecule has 2 rings (SSSR count). The van der Waals surface area contributed by atoms with Crippen molar-refractivity contribution in [1.29, 1.82) is 0 Å². The number of carbonyl (C=O) groups is 1. The van der Waals surface area contributed by atoms with Crippen molar-refractivity contribution in [2.75, 3.05) is 18.8 Å². The van der Waals surface area contributed by atoms with E-state index in [9.17, 15) is 13.6 Å². The van der Waals surface area contributed by atoms with Crippen molar-refractivity contribution >= 4 is 17.4 Å². The van der Waals surface area contributed by atoms with E-state index in [1.54, 1.807) is 45.0 Å². The van der Waals surface area contributed by atoms with Crippen LogP contribution in [0.15, 0.2) is 30.3 Å². The molecule has 1 aromatic carbocycles. The summed E-state index contributed by atoms with van der Waals surface area (Å²) in [5.41, 5.74) is 5.68. The molecule has 22 heavy (non-hydrogen) atoms. The molecular formula is C16H20F2N2O2. The second-order valence-corrected chi connectivity index (χ2v) is 6.31. The lowest BCUT2D eigenvalue weighted by Gasteiger charge is -2.34. The number of hydrogen-bond donors (Lipinski definition) is 1. The van der Waals surface area contributed by atoms with E-state index in [-0.39, 0.29) is 12.1 Å². The molecular weight excluding hydrogens is 290 g/mol. The Morgan fingerprint density at radius 2 is 1.86 bits per heavy atom. The van der Waals surface area contributed by atoms with Gasteiger partial charge < -0.3 is 10.5 Å². The van der Waals surface area contributed by atoms with Gasteiger partial charge in [-0.05, 0) is 38.5 Å². The zero-order valence-electron chi connectivity index (χ0n) is 12.9. The highest BCUT2D eigenvalue weighted by Crippen LogP contribution is 2.36. The average molecular weight is 310 g/mol. The van der Waals surface area contributed by atoms with E-state index in [0.717, 1.165) is 4.90 Å². The van der Waals surface area contributed by atoms with Gasteiger partial charge in [-0.1, -0.05) is 18.2 Å². The lowest BCUT2D eigenvalue weighted by molar-refractivity contribution is -0.0105. The molecule has 0 radical (unpaired) electrons. The first-order valence-electron chi connectivity index (χ1n) is 7.01. The molecule has 0 spiro atoms. The van der Waals surface area contributed by atoms with Gasteiger partial charge in [-0.2, -0.15) is 8.78 Å². The van der Waals surface area contributed by atoms with Crippen LogP contribution in [0.5, 0.6) is 0 Å². The number of amides is 1. The maximum absolute atomic E-state index is 14.3. The third-order valence-corrected chi connectivity index (χ3v) is 3.17. The zero-order valence-corrected chi connectivity index (χ0v) is 12.9. The maximum Gasteiger partial charge on any atom is 0.410 e. The fourth-order valence-electron chi connectivity index (χ4n) is 2.20. The minimum Gasteiger partial charge on any atom is -0.444 e. The van der Waals surface area contributed by atoms with Crippen LogP contribution in [-0.2, 0) is 4.74 Å². The van der Waals surface area contributed by atoms with Crippen molar-refractivity contribution in [2.24, 2.45) is 0 Å². The molecule has 0 saturated carbocycles. The lowest BCUT2D eigenvalue weighted by atomic mass is 9.96. The molecule has 2 N–H and O–H groups in total. The van der Waals surface area contributed by atoms with Gasteiger partial charge in [-0.15, -0.1) is 0 Å². The van der Waals surface area contributed by atoms with Crippen LogP contribution >= 0.6 is 0 Å². The predicted octanol–water partition coefficient (Wildman–Crippen LogP) is 3.54. The number of hydrogen-bond acceptors (Lipinski definition) is 3. The second kappa shape index (κ2) is 5.59. The Balaban J connectivity index is 2.19. The minimum atomic E-state index is -3.13. The van der Waals surface area contributed by atoms with Crippen LogP contribution in [0, 0.1) is 0 Å². The molecule has 0 fully saturated rings. The molecule has 4 nitrogen and oxygen atoms in total. The number of anilines is 1. The first-order chi connectivity index (χ1) is 10.1. The monoisotopic (exact) mass is 310 g/mol. The number of halogens is 2. The largest absolute Gasteiger partial charge is 0.444 e. The van der Waals surface area contributed by atoms with Gasteiger partial charge in [-0.25, -0.2) is 4.79 Å². The standard InChI is InChI=1S/C16H20F2N2O2/c1-15(2,3)22-14(21)20-9-8-13(16(17,18)10-20)11-4-6-12(19)7-5-11/h4-8H,9-10,19H2,1-3H3. The molecule has 0 saturated heterocycles. The Kier molecular flexibility index (Phi) is 4.13. The van der Waals surface area contributed by atoms with Crippen LogP contribution in [0.25, 0.3) is 5.57 Å². The first-order valence-corrected chi connectivity index (χ1v) is 7.01. The fraction of sp³-hybridized carbons (Fsp3) is 0.438. The first kappa shape index (κ1) is 16.3. The number of nitrogen functional groups attached to an aromatic ring is 1. The number of rotatable bonds is 1. The van der Waals surface area contributed by atoms with E-state index in [4.69, 9.17) is 10.5 Å². The van der Waals surface area contributed by atoms with Crippen LogP contribution in [0.2, 0.25) is 0 Å². The van der Waals surface area contributed by atoms with Gasteiger partial charge in [0.1, 0.15) is 5.60 Å². The smallest absolute Gasteiger partial charge is 0.410 e. The SMILES string of the molecule is CC(C)(C)OC(=O)N1CC=C(c2ccc(N)cc2)C(F)(F)C1. The van der Waals surface area contributed by atoms with Crippen LogP contribution in [0.1, 0.15) is 26.3 Å². The molecule has 1 aliphatic heterocycles. The molecule has 0 unspecified atom stereocenters. The van der Waals surface area contributed by atoms with Crippen molar-refractivity contribution in [3.63, 3.8) is 0 Å². The minimum absolute atomic E-state index is 0.0875. The van der Waals surface area contributed by atoms with Gasteiger partial charge in [-0.3, -0.25) is 4.90 Å². The summed E-state index contributed by atoms with van der Waals surface area (Å²) < 4.78 is 33.8. The van der Waals surface area contributed by atoms with Gasteiger partial charge in [0, 0.05) is 17.8 Å². The maximum atomic E-state index is 14.3. The van der Waals surface area contributed by atoms with E-state index < -0.39 is 24.2 Å². The molecule has 0 aromatic heterocycles. The van der Waals surface area contributed by atoms with Crippen LogP contribution in [0.4, 0.5) is 19.3 Å². The number of ether oxygens (including phenoxy) is 1. The van der Waals surface area contributed by atoms with Gasteiger partial charge in [0.2, 0.25) is 0 Å². The third kappa shape index (κ3) is 3.75. The Morgan fingerprint density at radius 1 is 1.27 bits per heavy atom. The fourth-order valence-corrected chi connectivity index (χ4v) is 2.20. The lowest BCUT2D eigenvalue weighted by Crippen LogP contribution is -2.46. The van der Waals surface area contributed by atoms with E-state index >= 15 is 0 Å². The van der Waals surface area contributed by atoms with E-state index in [1.165, 1.54) is 6.08 Å². The van der Waals surface area contributed by atoms with E-state index in [2.05, 4.69) is 0 Å². The molecule has 1 aromatic rings. The van der Waals surface area contributed by atoms with E-state index in [0.29, 0.717) is 11.3 Å². The van der Waals surface area contributed by atoms with Crippen LogP contribution in [0.3, 0.4) is 0 Å². The third-order valence-electron chi connectivity index (χ3n) is 3.17. The van der Waals surface area contributed by atoms with Crippen LogP contribution in [-0.4, -0.2) is 35.6 Å². The normalized spacial score (nSPS) is 17.9. The molecule has 0 bridgehead atoms. The van der Waals surface area contributed by atoms with E-state index in [1.807, 2.05) is 0 Å². The molecule has 1 aliphatic rings. The van der Waals surface area contributed by atoms with Crippen molar-refractivity contribution in [1.82, 2.24) is 4.90 Å². The summed E-state index contributed by atoms with van der Waals surface area (Å²) in [6, 6.07) is 6.26. The number of nitrogens with zero attached hydrogens (tertiary/aromatic N) is 1. The molecule has 0 aliphatic carbocycles. The Bertz CT molecular complexity index is 589. The van der Waals surface area contributed by atoms with Gasteiger partial charge in [0.25, 0.3) is 5.92 Å². The summed E-state index contributed by atoms with van der Waals surface area (Å²) in [4.78, 5) is 12.9. The Labute approximate surface area is 128 Å². The molecule has 120 valence electrons. The zero-order chi connectivity index (χ0) is 16.5. The summed E-state index contributed by atoms with van der Waals surface area (Å²) in [5.74, 6) is -3.13. The molecule has 6 heteroatoms. The summed E-state index contributed by atoms with van der Waals surface area (Å²) >= 11 is 0. The van der Waals surface area contributed by atoms with Gasteiger partial charge >= 0.3 is 6.09 Å². The topological polar surface area (TPSA) is 55.6 Å². The van der Waals surface area contributed by atoms with Crippen molar-refractivity contribution in [3.05, 3.63) is 35.9 Å². The number of carbonyl (C=O) groups excluding carboxylic acids is 1. The van der Waals surface area contributed by atoms with Crippen molar-refractivity contribution in [3.8, 4) is 0 Å². The number of nitrogens with two attached hydrogens (primary N) is 1. The van der Waals surface area contributed by atoms with Gasteiger partial charge in [0.15, 0.2) is 0 Å². The van der Waals surface area contributed by atoms with Crippen molar-refractivity contribution < 1.29 is 18.3 Å². The van der Waals surface area contributed by atoms with Crippen molar-refractivity contribution in [2.45, 2.75) is 32.3 Å². The predicted molar refractivity (Wildman–Crippen MR) is 81.6 cm³/mol. The molecule has 1 heterocycles. The highest BCUT2D eigenvalue weighted by atomic mass is 19.3. The molecule has 0 atom stereocenters. The summed E-state index contributed by atoms with van der Waals surface area (Å²) in [6.45, 7) is 4.48. The van der Waals surface area contributed by atoms with Crippen LogP contribution < -0.4 is 5.73 Å². The summed E-state index contributed by atoms with van der Waals surface area (Å²) in [6.07, 6.45) is 0.624. The Hall–Kier alpha value is -2.11. The summed E-state index contributed by atoms with van der Waals surface area (Å²) in [7, 11) is 0. The molecule has 1 amide bonds. The number of benzene rings is 1. The highest BCUT2D eigenvalue weighted by Gasteiger charge is 2.42. The second-order valence-electron chi connectivity index (χ2n) is 6.31. The van der Waals surface area contributed by atoms with Gasteiger partial charge in [0.05, 0.1) is 6.54 Å². The Morgan fingerprint density at radius 3 is 2.36 bits per heavy atom.